The molecule has 7 heteroatoms. The zero-order chi connectivity index (χ0) is 21.1. The molecule has 2 rings (SSSR count). The monoisotopic (exact) mass is 403 g/mol. The molecule has 7 nitrogen and oxygen atoms in total. The van der Waals surface area contributed by atoms with E-state index < -0.39 is 5.97 Å². The van der Waals surface area contributed by atoms with Gasteiger partial charge >= 0.3 is 5.97 Å². The van der Waals surface area contributed by atoms with Crippen molar-refractivity contribution >= 4 is 5.97 Å². The van der Waals surface area contributed by atoms with Crippen LogP contribution in [0.2, 0.25) is 0 Å². The molecule has 0 aromatic heterocycles. The van der Waals surface area contributed by atoms with Crippen LogP contribution in [-0.2, 0) is 11.2 Å². The molecule has 0 fully saturated rings. The predicted octanol–water partition coefficient (Wildman–Crippen LogP) is 3.10. The van der Waals surface area contributed by atoms with Crippen LogP contribution >= 0.6 is 0 Å². The van der Waals surface area contributed by atoms with Gasteiger partial charge < -0.3 is 29.0 Å². The Morgan fingerprint density at radius 3 is 2.07 bits per heavy atom. The second kappa shape index (κ2) is 11.8. The largest absolute Gasteiger partial charge is 0.497 e. The highest BCUT2D eigenvalue weighted by molar-refractivity contribution is 5.91. The molecular formula is C22H29NO6. The molecule has 2 aromatic rings. The van der Waals surface area contributed by atoms with Crippen LogP contribution in [0.5, 0.6) is 23.0 Å². The molecule has 29 heavy (non-hydrogen) atoms. The van der Waals surface area contributed by atoms with Gasteiger partial charge in [-0.1, -0.05) is 12.1 Å². The summed E-state index contributed by atoms with van der Waals surface area (Å²) in [4.78, 5) is 12.3. The maximum Gasteiger partial charge on any atom is 0.338 e. The number of nitrogens with one attached hydrogen (secondary N) is 1. The molecule has 0 radical (unpaired) electrons. The normalized spacial score (nSPS) is 10.3. The number of esters is 1. The van der Waals surface area contributed by atoms with Gasteiger partial charge in [-0.15, -0.1) is 0 Å². The molecule has 0 saturated carbocycles. The first kappa shape index (κ1) is 22.4. The van der Waals surface area contributed by atoms with E-state index in [0.717, 1.165) is 31.7 Å². The topological polar surface area (TPSA) is 75.3 Å². The zero-order valence-electron chi connectivity index (χ0n) is 17.4. The van der Waals surface area contributed by atoms with Crippen molar-refractivity contribution in [1.29, 1.82) is 0 Å². The third kappa shape index (κ3) is 6.57. The Balaban J connectivity index is 1.71. The fraction of sp³-hybridized carbons (Fsp3) is 0.409. The molecule has 0 aliphatic rings. The lowest BCUT2D eigenvalue weighted by molar-refractivity contribution is 0.0500. The molecule has 158 valence electrons. The number of carbonyl (C=O) groups is 1. The van der Waals surface area contributed by atoms with Crippen molar-refractivity contribution in [3.05, 3.63) is 47.5 Å². The first-order valence-corrected chi connectivity index (χ1v) is 9.43. The van der Waals surface area contributed by atoms with E-state index in [-0.39, 0.29) is 0 Å². The van der Waals surface area contributed by atoms with Crippen molar-refractivity contribution < 1.29 is 28.5 Å². The van der Waals surface area contributed by atoms with E-state index in [1.807, 2.05) is 12.1 Å². The molecule has 1 N–H and O–H groups in total. The van der Waals surface area contributed by atoms with E-state index in [1.54, 1.807) is 19.2 Å². The van der Waals surface area contributed by atoms with Crippen molar-refractivity contribution in [3.63, 3.8) is 0 Å². The molecule has 0 aliphatic heterocycles. The number of methoxy groups -OCH3 is 4. The fourth-order valence-corrected chi connectivity index (χ4v) is 2.79. The highest BCUT2D eigenvalue weighted by atomic mass is 16.5. The number of hydrogen-bond donors (Lipinski definition) is 1. The van der Waals surface area contributed by atoms with E-state index in [0.29, 0.717) is 29.4 Å². The maximum atomic E-state index is 12.3. The molecule has 0 heterocycles. The first-order valence-electron chi connectivity index (χ1n) is 9.43. The minimum absolute atomic E-state index is 0.324. The summed E-state index contributed by atoms with van der Waals surface area (Å²) in [6, 6.07) is 11.2. The summed E-state index contributed by atoms with van der Waals surface area (Å²) in [5.74, 6) is 1.70. The van der Waals surface area contributed by atoms with Gasteiger partial charge in [0.25, 0.3) is 0 Å². The van der Waals surface area contributed by atoms with Crippen LogP contribution in [0, 0.1) is 0 Å². The maximum absolute atomic E-state index is 12.3. The van der Waals surface area contributed by atoms with Crippen molar-refractivity contribution in [3.8, 4) is 23.0 Å². The summed E-state index contributed by atoms with van der Waals surface area (Å²) < 4.78 is 26.3. The average Bonchev–Trinajstić information content (AvgIpc) is 2.77. The van der Waals surface area contributed by atoms with Crippen LogP contribution in [0.4, 0.5) is 0 Å². The van der Waals surface area contributed by atoms with Gasteiger partial charge in [0.15, 0.2) is 11.5 Å². The Hall–Kier alpha value is -2.93. The molecule has 0 atom stereocenters. The Bertz CT molecular complexity index is 750. The standard InChI is InChI=1S/C22H29NO6/c1-25-18-8-6-16(7-9-18)10-12-23-11-5-13-29-22(24)17-14-19(26-2)21(28-4)20(15-17)27-3/h6-9,14-15,23H,5,10-13H2,1-4H3. The molecule has 2 aromatic carbocycles. The van der Waals surface area contributed by atoms with Gasteiger partial charge in [-0.05, 0) is 55.8 Å². The van der Waals surface area contributed by atoms with Crippen LogP contribution < -0.4 is 24.3 Å². The zero-order valence-corrected chi connectivity index (χ0v) is 17.4. The lowest BCUT2D eigenvalue weighted by Crippen LogP contribution is -2.20. The molecule has 0 saturated heterocycles. The quantitative estimate of drug-likeness (QED) is 0.431. The van der Waals surface area contributed by atoms with Gasteiger partial charge in [0.1, 0.15) is 5.75 Å². The number of carbonyl (C=O) groups excluding carboxylic acids is 1. The van der Waals surface area contributed by atoms with Gasteiger partial charge in [0.05, 0.1) is 40.6 Å². The van der Waals surface area contributed by atoms with E-state index in [1.165, 1.54) is 26.9 Å². The Morgan fingerprint density at radius 2 is 1.52 bits per heavy atom. The third-order valence-electron chi connectivity index (χ3n) is 4.38. The molecule has 0 bridgehead atoms. The minimum atomic E-state index is -0.428. The van der Waals surface area contributed by atoms with E-state index in [4.69, 9.17) is 23.7 Å². The summed E-state index contributed by atoms with van der Waals surface area (Å²) in [5.41, 5.74) is 1.60. The van der Waals surface area contributed by atoms with Gasteiger partial charge in [0, 0.05) is 0 Å². The van der Waals surface area contributed by atoms with Crippen LogP contribution in [0.1, 0.15) is 22.3 Å². The summed E-state index contributed by atoms with van der Waals surface area (Å²) in [6.07, 6.45) is 1.65. The fourth-order valence-electron chi connectivity index (χ4n) is 2.79. The second-order valence-corrected chi connectivity index (χ2v) is 6.25. The van der Waals surface area contributed by atoms with E-state index in [9.17, 15) is 4.79 Å². The van der Waals surface area contributed by atoms with Crippen molar-refractivity contribution in [1.82, 2.24) is 5.32 Å². The molecule has 0 spiro atoms. The first-order chi connectivity index (χ1) is 14.1. The van der Waals surface area contributed by atoms with Crippen molar-refractivity contribution in [2.75, 3.05) is 48.1 Å². The highest BCUT2D eigenvalue weighted by Crippen LogP contribution is 2.38. The minimum Gasteiger partial charge on any atom is -0.497 e. The SMILES string of the molecule is COc1ccc(CCNCCCOC(=O)c2cc(OC)c(OC)c(OC)c2)cc1. The average molecular weight is 403 g/mol. The number of hydrogen-bond acceptors (Lipinski definition) is 7. The number of benzene rings is 2. The van der Waals surface area contributed by atoms with Gasteiger partial charge in [-0.25, -0.2) is 4.79 Å². The van der Waals surface area contributed by atoms with Gasteiger partial charge in [-0.2, -0.15) is 0 Å². The van der Waals surface area contributed by atoms with E-state index in [2.05, 4.69) is 17.4 Å². The van der Waals surface area contributed by atoms with Gasteiger partial charge in [-0.3, -0.25) is 0 Å². The second-order valence-electron chi connectivity index (χ2n) is 6.25. The van der Waals surface area contributed by atoms with Crippen molar-refractivity contribution in [2.45, 2.75) is 12.8 Å². The predicted molar refractivity (Wildman–Crippen MR) is 111 cm³/mol. The number of rotatable bonds is 12. The smallest absolute Gasteiger partial charge is 0.338 e. The Labute approximate surface area is 171 Å². The highest BCUT2D eigenvalue weighted by Gasteiger charge is 2.17. The summed E-state index contributed by atoms with van der Waals surface area (Å²) in [6.45, 7) is 1.94. The lowest BCUT2D eigenvalue weighted by Gasteiger charge is -2.13. The Kier molecular flexibility index (Phi) is 9.11. The summed E-state index contributed by atoms with van der Waals surface area (Å²) in [7, 11) is 6.18. The summed E-state index contributed by atoms with van der Waals surface area (Å²) in [5, 5.41) is 3.35. The molecule has 0 aliphatic carbocycles. The lowest BCUT2D eigenvalue weighted by atomic mass is 10.1. The third-order valence-corrected chi connectivity index (χ3v) is 4.38. The number of ether oxygens (including phenoxy) is 5. The Morgan fingerprint density at radius 1 is 0.862 bits per heavy atom. The van der Waals surface area contributed by atoms with E-state index >= 15 is 0 Å². The van der Waals surface area contributed by atoms with Gasteiger partial charge in [0.2, 0.25) is 5.75 Å². The molecule has 0 unspecified atom stereocenters. The van der Waals surface area contributed by atoms with Crippen molar-refractivity contribution in [2.24, 2.45) is 0 Å². The van der Waals surface area contributed by atoms with Crippen LogP contribution in [0.3, 0.4) is 0 Å². The van der Waals surface area contributed by atoms with Crippen LogP contribution in [0.25, 0.3) is 0 Å². The molecular weight excluding hydrogens is 374 g/mol. The molecule has 0 amide bonds. The van der Waals surface area contributed by atoms with Crippen LogP contribution in [0.15, 0.2) is 36.4 Å². The summed E-state index contributed by atoms with van der Waals surface area (Å²) >= 11 is 0. The van der Waals surface area contributed by atoms with Crippen LogP contribution in [-0.4, -0.2) is 54.1 Å².